The average molecular weight is 318 g/mol. The molecule has 0 atom stereocenters. The summed E-state index contributed by atoms with van der Waals surface area (Å²) < 4.78 is 4.97. The number of ether oxygens (including phenoxy) is 1. The van der Waals surface area contributed by atoms with Crippen molar-refractivity contribution in [1.29, 1.82) is 0 Å². The fourth-order valence-corrected chi connectivity index (χ4v) is 3.48. The van der Waals surface area contributed by atoms with Gasteiger partial charge in [0.25, 0.3) is 0 Å². The maximum absolute atomic E-state index is 12.1. The Kier molecular flexibility index (Phi) is 7.06. The van der Waals surface area contributed by atoms with Gasteiger partial charge in [-0.15, -0.1) is 0 Å². The molecule has 1 aromatic carbocycles. The Morgan fingerprint density at radius 3 is 2.74 bits per heavy atom. The fourth-order valence-electron chi connectivity index (χ4n) is 3.48. The Morgan fingerprint density at radius 2 is 2.04 bits per heavy atom. The Balaban J connectivity index is 1.95. The van der Waals surface area contributed by atoms with Crippen LogP contribution < -0.4 is 10.6 Å². The lowest BCUT2D eigenvalue weighted by Gasteiger charge is -2.38. The molecule has 2 rings (SSSR count). The number of rotatable bonds is 8. The summed E-state index contributed by atoms with van der Waals surface area (Å²) in [5, 5.41) is 6.24. The molecule has 0 spiro atoms. The molecule has 4 heteroatoms. The number of benzene rings is 1. The minimum Gasteiger partial charge on any atom is -0.383 e. The van der Waals surface area contributed by atoms with E-state index in [0.29, 0.717) is 19.7 Å². The summed E-state index contributed by atoms with van der Waals surface area (Å²) in [6, 6.07) is 8.78. The molecule has 23 heavy (non-hydrogen) atoms. The first-order valence-electron chi connectivity index (χ1n) is 8.70. The van der Waals surface area contributed by atoms with Gasteiger partial charge in [-0.3, -0.25) is 4.79 Å². The van der Waals surface area contributed by atoms with Gasteiger partial charge in [0.2, 0.25) is 5.91 Å². The van der Waals surface area contributed by atoms with Crippen LogP contribution in [-0.2, 0) is 14.9 Å². The van der Waals surface area contributed by atoms with Crippen molar-refractivity contribution in [2.75, 3.05) is 33.4 Å². The smallest absolute Gasteiger partial charge is 0.233 e. The Labute approximate surface area is 140 Å². The average Bonchev–Trinajstić information content (AvgIpc) is 2.58. The van der Waals surface area contributed by atoms with Crippen molar-refractivity contribution in [3.05, 3.63) is 35.4 Å². The summed E-state index contributed by atoms with van der Waals surface area (Å²) in [6.07, 6.45) is 6.12. The van der Waals surface area contributed by atoms with Crippen LogP contribution >= 0.6 is 0 Å². The van der Waals surface area contributed by atoms with Crippen LogP contribution in [0.25, 0.3) is 0 Å². The second-order valence-electron chi connectivity index (χ2n) is 6.66. The van der Waals surface area contributed by atoms with Gasteiger partial charge in [0.15, 0.2) is 0 Å². The molecule has 0 heterocycles. The Morgan fingerprint density at radius 1 is 1.26 bits per heavy atom. The molecule has 0 radical (unpaired) electrons. The van der Waals surface area contributed by atoms with E-state index in [1.165, 1.54) is 30.4 Å². The van der Waals surface area contributed by atoms with Crippen molar-refractivity contribution >= 4 is 5.91 Å². The summed E-state index contributed by atoms with van der Waals surface area (Å²) in [5.74, 6) is 0.0682. The zero-order valence-electron chi connectivity index (χ0n) is 14.5. The van der Waals surface area contributed by atoms with Gasteiger partial charge in [-0.1, -0.05) is 49.1 Å². The van der Waals surface area contributed by atoms with Crippen molar-refractivity contribution in [2.45, 2.75) is 44.4 Å². The number of hydrogen-bond acceptors (Lipinski definition) is 3. The predicted octanol–water partition coefficient (Wildman–Crippen LogP) is 2.55. The molecule has 0 unspecified atom stereocenters. The van der Waals surface area contributed by atoms with Crippen LogP contribution in [-0.4, -0.2) is 39.3 Å². The quantitative estimate of drug-likeness (QED) is 0.724. The summed E-state index contributed by atoms with van der Waals surface area (Å²) in [4.78, 5) is 12.1. The first kappa shape index (κ1) is 18.0. The molecule has 1 saturated carbocycles. The van der Waals surface area contributed by atoms with E-state index in [2.05, 4.69) is 41.8 Å². The van der Waals surface area contributed by atoms with Crippen LogP contribution in [0, 0.1) is 6.92 Å². The fraction of sp³-hybridized carbons (Fsp3) is 0.632. The minimum atomic E-state index is 0.0682. The van der Waals surface area contributed by atoms with E-state index in [0.717, 1.165) is 19.4 Å². The third-order valence-electron chi connectivity index (χ3n) is 4.83. The lowest BCUT2D eigenvalue weighted by Crippen LogP contribution is -2.45. The lowest BCUT2D eigenvalue weighted by molar-refractivity contribution is -0.120. The number of carbonyl (C=O) groups is 1. The van der Waals surface area contributed by atoms with E-state index in [-0.39, 0.29) is 11.3 Å². The van der Waals surface area contributed by atoms with Crippen molar-refractivity contribution < 1.29 is 9.53 Å². The van der Waals surface area contributed by atoms with Gasteiger partial charge in [0, 0.05) is 25.6 Å². The molecule has 0 aromatic heterocycles. The molecule has 128 valence electrons. The van der Waals surface area contributed by atoms with E-state index >= 15 is 0 Å². The van der Waals surface area contributed by atoms with E-state index in [1.54, 1.807) is 7.11 Å². The second kappa shape index (κ2) is 9.04. The summed E-state index contributed by atoms with van der Waals surface area (Å²) in [6.45, 7) is 4.56. The predicted molar refractivity (Wildman–Crippen MR) is 93.7 cm³/mol. The molecule has 4 nitrogen and oxygen atoms in total. The van der Waals surface area contributed by atoms with E-state index < -0.39 is 0 Å². The van der Waals surface area contributed by atoms with Crippen LogP contribution in [0.2, 0.25) is 0 Å². The zero-order valence-corrected chi connectivity index (χ0v) is 14.5. The molecule has 1 aliphatic rings. The van der Waals surface area contributed by atoms with E-state index in [4.69, 9.17) is 4.74 Å². The summed E-state index contributed by atoms with van der Waals surface area (Å²) >= 11 is 0. The summed E-state index contributed by atoms with van der Waals surface area (Å²) in [5.41, 5.74) is 2.77. The van der Waals surface area contributed by atoms with Crippen molar-refractivity contribution in [3.8, 4) is 0 Å². The van der Waals surface area contributed by atoms with Crippen molar-refractivity contribution in [2.24, 2.45) is 0 Å². The molecule has 1 amide bonds. The third kappa shape index (κ3) is 5.33. The normalized spacial score (nSPS) is 17.0. The van der Waals surface area contributed by atoms with Gasteiger partial charge in [0.05, 0.1) is 13.2 Å². The maximum Gasteiger partial charge on any atom is 0.233 e. The molecule has 2 N–H and O–H groups in total. The third-order valence-corrected chi connectivity index (χ3v) is 4.83. The highest BCUT2D eigenvalue weighted by atomic mass is 16.5. The van der Waals surface area contributed by atoms with Crippen LogP contribution in [0.3, 0.4) is 0 Å². The van der Waals surface area contributed by atoms with Crippen LogP contribution in [0.15, 0.2) is 24.3 Å². The van der Waals surface area contributed by atoms with Gasteiger partial charge in [-0.2, -0.15) is 0 Å². The molecule has 1 fully saturated rings. The molecule has 1 aromatic rings. The number of nitrogens with one attached hydrogen (secondary N) is 2. The highest BCUT2D eigenvalue weighted by Gasteiger charge is 2.34. The number of carbonyl (C=O) groups excluding carboxylic acids is 1. The van der Waals surface area contributed by atoms with Gasteiger partial charge < -0.3 is 15.4 Å². The van der Waals surface area contributed by atoms with Gasteiger partial charge in [0.1, 0.15) is 0 Å². The number of aryl methyl sites for hydroxylation is 1. The van der Waals surface area contributed by atoms with Gasteiger partial charge in [-0.25, -0.2) is 0 Å². The van der Waals surface area contributed by atoms with Gasteiger partial charge in [-0.05, 0) is 25.3 Å². The number of methoxy groups -OCH3 is 1. The number of hydrogen-bond donors (Lipinski definition) is 2. The zero-order chi connectivity index (χ0) is 16.5. The Bertz CT molecular complexity index is 496. The van der Waals surface area contributed by atoms with Crippen LogP contribution in [0.4, 0.5) is 0 Å². The molecular formula is C19H30N2O2. The molecule has 1 aliphatic carbocycles. The monoisotopic (exact) mass is 318 g/mol. The highest BCUT2D eigenvalue weighted by molar-refractivity contribution is 5.78. The number of amides is 1. The minimum absolute atomic E-state index is 0.0682. The Hall–Kier alpha value is -1.39. The highest BCUT2D eigenvalue weighted by Crippen LogP contribution is 2.39. The SMILES string of the molecule is COCCNCC(=O)NCC1(c2cccc(C)c2)CCCCC1. The molecule has 0 aliphatic heterocycles. The molecular weight excluding hydrogens is 288 g/mol. The van der Waals surface area contributed by atoms with Gasteiger partial charge >= 0.3 is 0 Å². The first-order chi connectivity index (χ1) is 11.2. The molecule has 0 bridgehead atoms. The topological polar surface area (TPSA) is 50.4 Å². The van der Waals surface area contributed by atoms with E-state index in [9.17, 15) is 4.79 Å². The van der Waals surface area contributed by atoms with Crippen LogP contribution in [0.5, 0.6) is 0 Å². The van der Waals surface area contributed by atoms with Crippen molar-refractivity contribution in [1.82, 2.24) is 10.6 Å². The van der Waals surface area contributed by atoms with E-state index in [1.807, 2.05) is 0 Å². The maximum atomic E-state index is 12.1. The molecule has 0 saturated heterocycles. The van der Waals surface area contributed by atoms with Crippen molar-refractivity contribution in [3.63, 3.8) is 0 Å². The summed E-state index contributed by atoms with van der Waals surface area (Å²) in [7, 11) is 1.66. The van der Waals surface area contributed by atoms with Crippen LogP contribution in [0.1, 0.15) is 43.2 Å². The lowest BCUT2D eigenvalue weighted by atomic mass is 9.69. The first-order valence-corrected chi connectivity index (χ1v) is 8.70. The largest absolute Gasteiger partial charge is 0.383 e. The second-order valence-corrected chi connectivity index (χ2v) is 6.66. The standard InChI is InChI=1S/C19H30N2O2/c1-16-7-6-8-17(13-16)19(9-4-3-5-10-19)15-21-18(22)14-20-11-12-23-2/h6-8,13,20H,3-5,9-12,14-15H2,1-2H3,(H,21,22).